The summed E-state index contributed by atoms with van der Waals surface area (Å²) in [4.78, 5) is 29.7. The number of hydrogen-bond donors (Lipinski definition) is 1. The van der Waals surface area contributed by atoms with Gasteiger partial charge in [-0.1, -0.05) is 34.1 Å². The summed E-state index contributed by atoms with van der Waals surface area (Å²) in [5, 5.41) is 7.61. The van der Waals surface area contributed by atoms with Crippen LogP contribution in [0.25, 0.3) is 11.0 Å². The Morgan fingerprint density at radius 1 is 1.06 bits per heavy atom. The van der Waals surface area contributed by atoms with Gasteiger partial charge in [-0.05, 0) is 35.4 Å². The quantitative estimate of drug-likeness (QED) is 0.360. The molecule has 0 spiro atoms. The molecule has 2 heterocycles. The van der Waals surface area contributed by atoms with E-state index in [4.69, 9.17) is 9.47 Å². The van der Waals surface area contributed by atoms with Gasteiger partial charge in [0.05, 0.1) is 39.9 Å². The summed E-state index contributed by atoms with van der Waals surface area (Å²) >= 11 is 3.41. The molecule has 0 atom stereocenters. The van der Waals surface area contributed by atoms with Crippen LogP contribution >= 0.6 is 15.9 Å². The maximum atomic E-state index is 12.9. The first-order valence-corrected chi connectivity index (χ1v) is 11.4. The van der Waals surface area contributed by atoms with Gasteiger partial charge in [-0.3, -0.25) is 14.2 Å². The minimum Gasteiger partial charge on any atom is -0.493 e. The van der Waals surface area contributed by atoms with Crippen molar-refractivity contribution in [1.82, 2.24) is 24.6 Å². The Kier molecular flexibility index (Phi) is 7.27. The fourth-order valence-electron chi connectivity index (χ4n) is 3.60. The van der Waals surface area contributed by atoms with Crippen LogP contribution in [0.2, 0.25) is 0 Å². The summed E-state index contributed by atoms with van der Waals surface area (Å²) in [6, 6.07) is 13.2. The maximum Gasteiger partial charge on any atom is 0.264 e. The number of aromatic nitrogens is 4. The van der Waals surface area contributed by atoms with Gasteiger partial charge >= 0.3 is 0 Å². The average Bonchev–Trinajstić information content (AvgIpc) is 3.25. The lowest BCUT2D eigenvalue weighted by atomic mass is 10.1. The second-order valence-corrected chi connectivity index (χ2v) is 8.54. The van der Waals surface area contributed by atoms with E-state index in [0.717, 1.165) is 15.6 Å². The van der Waals surface area contributed by atoms with Crippen LogP contribution in [0.1, 0.15) is 11.1 Å². The highest BCUT2D eigenvalue weighted by Gasteiger charge is 2.12. The molecule has 0 aliphatic heterocycles. The molecule has 0 fully saturated rings. The fraction of sp³-hybridized carbons (Fsp3) is 0.250. The number of halogens is 1. The Morgan fingerprint density at radius 3 is 2.53 bits per heavy atom. The van der Waals surface area contributed by atoms with Crippen molar-refractivity contribution >= 4 is 32.9 Å². The zero-order valence-electron chi connectivity index (χ0n) is 18.8. The average molecular weight is 526 g/mol. The highest BCUT2D eigenvalue weighted by atomic mass is 79.9. The predicted octanol–water partition coefficient (Wildman–Crippen LogP) is 2.78. The zero-order chi connectivity index (χ0) is 24.1. The minimum absolute atomic E-state index is 0.131. The number of fused-ring (bicyclic) bond motifs is 1. The zero-order valence-corrected chi connectivity index (χ0v) is 20.4. The number of nitrogens with one attached hydrogen (secondary N) is 1. The SMILES string of the molecule is COc1ccc(CC(=O)NCCn2ncc3c(=O)n(Cc4ccc(Br)cc4)cnc32)cc1OC. The van der Waals surface area contributed by atoms with Crippen molar-refractivity contribution in [1.29, 1.82) is 0 Å². The van der Waals surface area contributed by atoms with Gasteiger partial charge in [0.15, 0.2) is 17.1 Å². The normalized spacial score (nSPS) is 10.9. The van der Waals surface area contributed by atoms with Crippen LogP contribution < -0.4 is 20.3 Å². The van der Waals surface area contributed by atoms with E-state index >= 15 is 0 Å². The third kappa shape index (κ3) is 5.28. The molecule has 0 unspecified atom stereocenters. The summed E-state index contributed by atoms with van der Waals surface area (Å²) in [5.41, 5.74) is 2.14. The van der Waals surface area contributed by atoms with Crippen molar-refractivity contribution < 1.29 is 14.3 Å². The van der Waals surface area contributed by atoms with Gasteiger partial charge in [0, 0.05) is 11.0 Å². The summed E-state index contributed by atoms with van der Waals surface area (Å²) in [5.74, 6) is 1.06. The van der Waals surface area contributed by atoms with Gasteiger partial charge in [0.1, 0.15) is 11.7 Å². The lowest BCUT2D eigenvalue weighted by Gasteiger charge is -2.10. The molecule has 4 aromatic rings. The van der Waals surface area contributed by atoms with Crippen molar-refractivity contribution in [3.05, 3.63) is 80.9 Å². The topological polar surface area (TPSA) is 100 Å². The van der Waals surface area contributed by atoms with Gasteiger partial charge in [-0.2, -0.15) is 5.10 Å². The highest BCUT2D eigenvalue weighted by molar-refractivity contribution is 9.10. The van der Waals surface area contributed by atoms with Crippen LogP contribution in [0, 0.1) is 0 Å². The summed E-state index contributed by atoms with van der Waals surface area (Å²) in [6.45, 7) is 1.17. The summed E-state index contributed by atoms with van der Waals surface area (Å²) in [7, 11) is 3.12. The molecular weight excluding hydrogens is 502 g/mol. The van der Waals surface area contributed by atoms with Crippen molar-refractivity contribution in [2.24, 2.45) is 0 Å². The van der Waals surface area contributed by atoms with Crippen LogP contribution in [-0.2, 0) is 24.3 Å². The summed E-state index contributed by atoms with van der Waals surface area (Å²) < 4.78 is 14.7. The molecule has 9 nitrogen and oxygen atoms in total. The van der Waals surface area contributed by atoms with E-state index in [-0.39, 0.29) is 17.9 Å². The minimum atomic E-state index is -0.156. The first-order valence-electron chi connectivity index (χ1n) is 10.6. The molecule has 2 aromatic heterocycles. The molecule has 10 heteroatoms. The van der Waals surface area contributed by atoms with Crippen LogP contribution in [-0.4, -0.2) is 46.0 Å². The number of nitrogens with zero attached hydrogens (tertiary/aromatic N) is 4. The first kappa shape index (κ1) is 23.5. The van der Waals surface area contributed by atoms with Crippen molar-refractivity contribution in [2.45, 2.75) is 19.5 Å². The molecule has 0 bridgehead atoms. The van der Waals surface area contributed by atoms with Gasteiger partial charge in [0.25, 0.3) is 5.56 Å². The third-order valence-corrected chi connectivity index (χ3v) is 5.88. The van der Waals surface area contributed by atoms with Gasteiger partial charge in [0.2, 0.25) is 5.91 Å². The number of hydrogen-bond acceptors (Lipinski definition) is 6. The second kappa shape index (κ2) is 10.5. The van der Waals surface area contributed by atoms with Crippen LogP contribution in [0.5, 0.6) is 11.5 Å². The molecule has 1 N–H and O–H groups in total. The molecule has 2 aromatic carbocycles. The first-order chi connectivity index (χ1) is 16.5. The smallest absolute Gasteiger partial charge is 0.264 e. The number of methoxy groups -OCH3 is 2. The van der Waals surface area contributed by atoms with Crippen molar-refractivity contribution in [3.8, 4) is 11.5 Å². The monoisotopic (exact) mass is 525 g/mol. The molecule has 34 heavy (non-hydrogen) atoms. The van der Waals surface area contributed by atoms with E-state index in [9.17, 15) is 9.59 Å². The van der Waals surface area contributed by atoms with E-state index in [2.05, 4.69) is 31.3 Å². The van der Waals surface area contributed by atoms with Crippen molar-refractivity contribution in [3.63, 3.8) is 0 Å². The Balaban J connectivity index is 1.37. The Labute approximate surface area is 204 Å². The Hall–Kier alpha value is -3.66. The van der Waals surface area contributed by atoms with Gasteiger partial charge in [-0.15, -0.1) is 0 Å². The highest BCUT2D eigenvalue weighted by Crippen LogP contribution is 2.27. The molecule has 0 saturated heterocycles. The predicted molar refractivity (Wildman–Crippen MR) is 131 cm³/mol. The molecule has 176 valence electrons. The second-order valence-electron chi connectivity index (χ2n) is 7.63. The molecule has 1 amide bonds. The number of ether oxygens (including phenoxy) is 2. The van der Waals surface area contributed by atoms with E-state index < -0.39 is 0 Å². The van der Waals surface area contributed by atoms with Crippen molar-refractivity contribution in [2.75, 3.05) is 20.8 Å². The number of rotatable bonds is 9. The number of benzene rings is 2. The number of amides is 1. The third-order valence-electron chi connectivity index (χ3n) is 5.35. The van der Waals surface area contributed by atoms with Crippen LogP contribution in [0.4, 0.5) is 0 Å². The molecule has 0 radical (unpaired) electrons. The van der Waals surface area contributed by atoms with E-state index in [1.54, 1.807) is 35.6 Å². The van der Waals surface area contributed by atoms with Crippen LogP contribution in [0.15, 0.2) is 64.3 Å². The fourth-order valence-corrected chi connectivity index (χ4v) is 3.86. The number of carbonyl (C=O) groups is 1. The molecule has 0 aliphatic rings. The number of carbonyl (C=O) groups excluding carboxylic acids is 1. The standard InChI is InChI=1S/C24H24BrN5O4/c1-33-20-8-5-17(11-21(20)34-2)12-22(31)26-9-10-30-23-19(13-28-30)24(32)29(15-27-23)14-16-3-6-18(25)7-4-16/h3-8,11,13,15H,9-10,12,14H2,1-2H3,(H,26,31). The lowest BCUT2D eigenvalue weighted by molar-refractivity contribution is -0.120. The van der Waals surface area contributed by atoms with E-state index in [0.29, 0.717) is 42.2 Å². The Morgan fingerprint density at radius 2 is 1.79 bits per heavy atom. The van der Waals surface area contributed by atoms with E-state index in [1.165, 1.54) is 12.5 Å². The molecule has 4 rings (SSSR count). The molecule has 0 saturated carbocycles. The van der Waals surface area contributed by atoms with Gasteiger partial charge in [-0.25, -0.2) is 9.67 Å². The van der Waals surface area contributed by atoms with Gasteiger partial charge < -0.3 is 14.8 Å². The molecular formula is C24H24BrN5O4. The molecule has 0 aliphatic carbocycles. The maximum absolute atomic E-state index is 12.9. The lowest BCUT2D eigenvalue weighted by Crippen LogP contribution is -2.29. The summed E-state index contributed by atoms with van der Waals surface area (Å²) in [6.07, 6.45) is 3.26. The Bertz CT molecular complexity index is 1360. The van der Waals surface area contributed by atoms with E-state index in [1.807, 2.05) is 30.3 Å². The largest absolute Gasteiger partial charge is 0.493 e. The van der Waals surface area contributed by atoms with Crippen LogP contribution in [0.3, 0.4) is 0 Å².